The fourth-order valence-corrected chi connectivity index (χ4v) is 5.20. The summed E-state index contributed by atoms with van der Waals surface area (Å²) in [4.78, 5) is 17.6. The van der Waals surface area contributed by atoms with Crippen LogP contribution in [0, 0.1) is 0 Å². The van der Waals surface area contributed by atoms with Gasteiger partial charge in [-0.3, -0.25) is 0 Å². The monoisotopic (exact) mass is 464 g/mol. The van der Waals surface area contributed by atoms with Crippen LogP contribution in [0.5, 0.6) is 0 Å². The van der Waals surface area contributed by atoms with E-state index in [-0.39, 0.29) is 0 Å². The molecule has 0 bridgehead atoms. The van der Waals surface area contributed by atoms with Crippen molar-refractivity contribution in [1.29, 1.82) is 0 Å². The maximum atomic E-state index is 11.9. The van der Waals surface area contributed by atoms with Gasteiger partial charge < -0.3 is 9.67 Å². The number of fused-ring (bicyclic) bond motifs is 1. The Morgan fingerprint density at radius 1 is 1.16 bits per heavy atom. The number of aryl methyl sites for hydroxylation is 1. The lowest BCUT2D eigenvalue weighted by Crippen LogP contribution is -2.07. The summed E-state index contributed by atoms with van der Waals surface area (Å²) >= 11 is 7.95. The molecule has 2 aromatic heterocycles. The molecule has 0 radical (unpaired) electrons. The summed E-state index contributed by atoms with van der Waals surface area (Å²) in [5.41, 5.74) is 5.18. The van der Waals surface area contributed by atoms with Crippen molar-refractivity contribution in [2.45, 2.75) is 39.7 Å². The smallest absolute Gasteiger partial charge is 0.336 e. The number of carboxylic acid groups (broad SMARTS) is 1. The summed E-state index contributed by atoms with van der Waals surface area (Å²) in [7, 11) is 0. The molecule has 0 fully saturated rings. The molecule has 0 aliphatic carbocycles. The van der Waals surface area contributed by atoms with E-state index in [4.69, 9.17) is 16.6 Å². The van der Waals surface area contributed by atoms with Crippen LogP contribution in [0.4, 0.5) is 0 Å². The second kappa shape index (κ2) is 9.72. The number of nitrogens with zero attached hydrogens (tertiary/aromatic N) is 2. The first-order valence-electron chi connectivity index (χ1n) is 10.7. The maximum absolute atomic E-state index is 11.9. The topological polar surface area (TPSA) is 55.1 Å². The van der Waals surface area contributed by atoms with Crippen LogP contribution in [0.3, 0.4) is 0 Å². The van der Waals surface area contributed by atoms with Crippen LogP contribution >= 0.6 is 22.9 Å². The highest BCUT2D eigenvalue weighted by Gasteiger charge is 2.21. The number of benzene rings is 2. The Kier molecular flexibility index (Phi) is 6.77. The van der Waals surface area contributed by atoms with Gasteiger partial charge in [-0.05, 0) is 42.5 Å². The highest BCUT2D eigenvalue weighted by molar-refractivity contribution is 7.12. The summed E-state index contributed by atoms with van der Waals surface area (Å²) in [6.07, 6.45) is 4.67. The lowest BCUT2D eigenvalue weighted by atomic mass is 10.0. The number of thiophene rings is 1. The van der Waals surface area contributed by atoms with Gasteiger partial charge in [0.2, 0.25) is 0 Å². The molecule has 0 atom stereocenters. The second-order valence-electron chi connectivity index (χ2n) is 7.65. The van der Waals surface area contributed by atoms with Crippen molar-refractivity contribution in [2.75, 3.05) is 0 Å². The van der Waals surface area contributed by atoms with Gasteiger partial charge in [-0.1, -0.05) is 61.4 Å². The quantitative estimate of drug-likeness (QED) is 0.278. The largest absolute Gasteiger partial charge is 0.478 e. The number of carboxylic acids is 1. The van der Waals surface area contributed by atoms with E-state index in [0.717, 1.165) is 62.7 Å². The van der Waals surface area contributed by atoms with Crippen LogP contribution in [0.25, 0.3) is 27.7 Å². The average Bonchev–Trinajstić information content (AvgIpc) is 3.39. The zero-order chi connectivity index (χ0) is 22.7. The number of imidazole rings is 1. The molecule has 0 spiro atoms. The molecule has 0 aliphatic heterocycles. The van der Waals surface area contributed by atoms with E-state index < -0.39 is 5.97 Å². The first-order chi connectivity index (χ1) is 15.5. The lowest BCUT2D eigenvalue weighted by Gasteiger charge is -2.14. The Balaban J connectivity index is 1.95. The Labute approximate surface area is 196 Å². The molecule has 2 heterocycles. The van der Waals surface area contributed by atoms with E-state index in [1.165, 1.54) is 11.3 Å². The summed E-state index contributed by atoms with van der Waals surface area (Å²) in [5, 5.41) is 12.4. The molecule has 6 heteroatoms. The number of carbonyl (C=O) groups is 1. The molecule has 2 aromatic carbocycles. The fourth-order valence-electron chi connectivity index (χ4n) is 4.03. The highest BCUT2D eigenvalue weighted by Crippen LogP contribution is 2.38. The van der Waals surface area contributed by atoms with E-state index in [2.05, 4.69) is 17.6 Å². The number of rotatable bonds is 8. The summed E-state index contributed by atoms with van der Waals surface area (Å²) < 4.78 is 2.25. The fraction of sp³-hybridized carbons (Fsp3) is 0.231. The number of hydrogen-bond donors (Lipinski definition) is 1. The Morgan fingerprint density at radius 2 is 1.97 bits per heavy atom. The molecule has 0 unspecified atom stereocenters. The van der Waals surface area contributed by atoms with Gasteiger partial charge >= 0.3 is 5.97 Å². The highest BCUT2D eigenvalue weighted by atomic mass is 35.5. The first-order valence-corrected chi connectivity index (χ1v) is 12.0. The number of para-hydroxylation sites is 1. The minimum atomic E-state index is -0.920. The van der Waals surface area contributed by atoms with Crippen LogP contribution in [-0.2, 0) is 17.8 Å². The minimum Gasteiger partial charge on any atom is -0.478 e. The van der Waals surface area contributed by atoms with E-state index >= 15 is 0 Å². The Hall–Kier alpha value is -2.89. The first kappa shape index (κ1) is 22.3. The zero-order valence-corrected chi connectivity index (χ0v) is 19.7. The van der Waals surface area contributed by atoms with Gasteiger partial charge in [-0.25, -0.2) is 9.78 Å². The standard InChI is InChI=1S/C26H25ClN2O2S/c1-3-5-13-23-28-22-12-8-10-19(20-14-15-32-25(20)18(4-2)26(30)31)24(22)29(23)16-17-9-6-7-11-21(17)27/h4,6-12,14-15H,3,5,13,16H2,1-2H3,(H,30,31). The normalized spacial score (nSPS) is 11.9. The Bertz CT molecular complexity index is 1300. The summed E-state index contributed by atoms with van der Waals surface area (Å²) in [6, 6.07) is 15.9. The van der Waals surface area contributed by atoms with Crippen LogP contribution in [0.1, 0.15) is 43.0 Å². The van der Waals surface area contributed by atoms with Gasteiger partial charge in [-0.15, -0.1) is 11.3 Å². The minimum absolute atomic E-state index is 0.315. The third kappa shape index (κ3) is 4.23. The number of aromatic nitrogens is 2. The van der Waals surface area contributed by atoms with Crippen molar-refractivity contribution in [3.05, 3.63) is 81.3 Å². The molecular formula is C26H25ClN2O2S. The summed E-state index contributed by atoms with van der Waals surface area (Å²) in [6.45, 7) is 4.55. The van der Waals surface area contributed by atoms with Crippen LogP contribution in [-0.4, -0.2) is 20.6 Å². The van der Waals surface area contributed by atoms with Crippen molar-refractivity contribution < 1.29 is 9.90 Å². The molecule has 164 valence electrons. The molecule has 0 saturated carbocycles. The second-order valence-corrected chi connectivity index (χ2v) is 8.98. The van der Waals surface area contributed by atoms with Crippen molar-refractivity contribution in [1.82, 2.24) is 9.55 Å². The van der Waals surface area contributed by atoms with Gasteiger partial charge in [0, 0.05) is 27.4 Å². The van der Waals surface area contributed by atoms with Crippen molar-refractivity contribution in [3.8, 4) is 11.1 Å². The molecule has 4 aromatic rings. The molecule has 32 heavy (non-hydrogen) atoms. The van der Waals surface area contributed by atoms with Gasteiger partial charge in [0.15, 0.2) is 0 Å². The number of halogens is 1. The van der Waals surface area contributed by atoms with Gasteiger partial charge in [0.25, 0.3) is 0 Å². The molecule has 1 N–H and O–H groups in total. The van der Waals surface area contributed by atoms with Gasteiger partial charge in [0.1, 0.15) is 5.82 Å². The van der Waals surface area contributed by atoms with E-state index in [0.29, 0.717) is 12.1 Å². The predicted octanol–water partition coefficient (Wildman–Crippen LogP) is 7.30. The van der Waals surface area contributed by atoms with Gasteiger partial charge in [0.05, 0.1) is 23.2 Å². The lowest BCUT2D eigenvalue weighted by molar-refractivity contribution is -0.130. The molecule has 4 nitrogen and oxygen atoms in total. The number of unbranched alkanes of at least 4 members (excludes halogenated alkanes) is 1. The number of allylic oxidation sites excluding steroid dienone is 1. The molecular weight excluding hydrogens is 440 g/mol. The third-order valence-corrected chi connectivity index (χ3v) is 6.92. The molecule has 0 aliphatic rings. The maximum Gasteiger partial charge on any atom is 0.336 e. The number of hydrogen-bond acceptors (Lipinski definition) is 3. The van der Waals surface area contributed by atoms with Gasteiger partial charge in [-0.2, -0.15) is 0 Å². The molecule has 0 amide bonds. The van der Waals surface area contributed by atoms with Crippen molar-refractivity contribution in [3.63, 3.8) is 0 Å². The van der Waals surface area contributed by atoms with E-state index in [9.17, 15) is 9.90 Å². The van der Waals surface area contributed by atoms with Crippen LogP contribution in [0.2, 0.25) is 5.02 Å². The summed E-state index contributed by atoms with van der Waals surface area (Å²) in [5.74, 6) is 0.104. The van der Waals surface area contributed by atoms with Crippen LogP contribution in [0.15, 0.2) is 60.0 Å². The number of aliphatic carboxylic acids is 1. The average molecular weight is 465 g/mol. The molecule has 4 rings (SSSR count). The SMILES string of the molecule is CC=C(C(=O)O)c1sccc1-c1cccc2nc(CCCC)n(Cc3ccccc3Cl)c12. The zero-order valence-electron chi connectivity index (χ0n) is 18.1. The Morgan fingerprint density at radius 3 is 2.69 bits per heavy atom. The third-order valence-electron chi connectivity index (χ3n) is 5.61. The van der Waals surface area contributed by atoms with Crippen molar-refractivity contribution in [2.24, 2.45) is 0 Å². The predicted molar refractivity (Wildman–Crippen MR) is 133 cm³/mol. The van der Waals surface area contributed by atoms with Crippen LogP contribution < -0.4 is 0 Å². The molecule has 0 saturated heterocycles. The van der Waals surface area contributed by atoms with E-state index in [1.807, 2.05) is 47.8 Å². The van der Waals surface area contributed by atoms with E-state index in [1.54, 1.807) is 13.0 Å². The van der Waals surface area contributed by atoms with Crippen molar-refractivity contribution >= 4 is 45.5 Å².